The predicted molar refractivity (Wildman–Crippen MR) is 167 cm³/mol. The molecule has 0 saturated carbocycles. The molecule has 3 aliphatic carbocycles. The van der Waals surface area contributed by atoms with Crippen molar-refractivity contribution in [1.29, 1.82) is 0 Å². The van der Waals surface area contributed by atoms with Gasteiger partial charge in [0.25, 0.3) is 5.91 Å². The minimum absolute atomic E-state index is 0.0608. The minimum atomic E-state index is -1.22. The molecule has 0 aromatic heterocycles. The largest absolute Gasteiger partial charge is 0.511 e. The van der Waals surface area contributed by atoms with Crippen molar-refractivity contribution in [3.63, 3.8) is 0 Å². The lowest BCUT2D eigenvalue weighted by Crippen LogP contribution is -2.53. The smallest absolute Gasteiger partial charge is 0.255 e. The Hall–Kier alpha value is -4.35. The molecule has 11 nitrogen and oxygen atoms in total. The fourth-order valence-electron chi connectivity index (χ4n) is 8.35. The summed E-state index contributed by atoms with van der Waals surface area (Å²) in [5, 5.41) is 33.8. The van der Waals surface area contributed by atoms with Crippen molar-refractivity contribution >= 4 is 17.5 Å². The van der Waals surface area contributed by atoms with Gasteiger partial charge in [-0.1, -0.05) is 13.0 Å². The van der Waals surface area contributed by atoms with Gasteiger partial charge in [0, 0.05) is 12.1 Å². The number of aromatic hydroxyl groups is 1. The highest BCUT2D eigenvalue weighted by molar-refractivity contribution is 6.22. The first-order valence-electron chi connectivity index (χ1n) is 15.9. The molecule has 0 radical (unpaired) electrons. The Balaban J connectivity index is 1.34. The molecule has 4 atom stereocenters. The number of hydrogen-bond donors (Lipinski definition) is 4. The van der Waals surface area contributed by atoms with Gasteiger partial charge in [0.05, 0.1) is 17.5 Å². The van der Waals surface area contributed by atoms with Crippen LogP contribution in [-0.4, -0.2) is 82.6 Å². The number of amides is 1. The maximum absolute atomic E-state index is 14.3. The van der Waals surface area contributed by atoms with Crippen molar-refractivity contribution in [3.05, 3.63) is 63.6 Å². The number of aliphatic hydroxyl groups is 2. The molecule has 242 valence electrons. The van der Waals surface area contributed by atoms with Crippen molar-refractivity contribution in [3.8, 4) is 28.4 Å². The number of nitrogens with two attached hydrogens (primary N) is 1. The molecule has 46 heavy (non-hydrogen) atoms. The fourth-order valence-corrected chi connectivity index (χ4v) is 8.35. The Morgan fingerprint density at radius 3 is 2.39 bits per heavy atom. The molecule has 1 saturated heterocycles. The van der Waals surface area contributed by atoms with Gasteiger partial charge in [-0.05, 0) is 111 Å². The van der Waals surface area contributed by atoms with Crippen molar-refractivity contribution in [1.82, 2.24) is 9.80 Å². The van der Waals surface area contributed by atoms with E-state index in [0.29, 0.717) is 35.9 Å². The third-order valence-electron chi connectivity index (χ3n) is 10.6. The second kappa shape index (κ2) is 11.2. The van der Waals surface area contributed by atoms with E-state index in [4.69, 9.17) is 15.2 Å². The molecule has 3 unspecified atom stereocenters. The highest BCUT2D eigenvalue weighted by Crippen LogP contribution is 2.52. The number of piperidine rings is 1. The van der Waals surface area contributed by atoms with E-state index in [0.717, 1.165) is 42.6 Å². The number of benzene rings is 2. The molecule has 1 amide bonds. The molecular formula is C35H39N3O8. The zero-order valence-corrected chi connectivity index (χ0v) is 26.2. The summed E-state index contributed by atoms with van der Waals surface area (Å²) in [6.07, 6.45) is 2.83. The topological polar surface area (TPSA) is 163 Å². The second-order valence-corrected chi connectivity index (χ2v) is 13.6. The molecule has 5 N–H and O–H groups in total. The number of primary amides is 1. The second-order valence-electron chi connectivity index (χ2n) is 13.6. The first-order chi connectivity index (χ1) is 22.0. The summed E-state index contributed by atoms with van der Waals surface area (Å²) in [5.41, 5.74) is 8.41. The molecule has 2 aromatic rings. The summed E-state index contributed by atoms with van der Waals surface area (Å²) < 4.78 is 11.5. The van der Waals surface area contributed by atoms with Crippen LogP contribution in [0.1, 0.15) is 47.7 Å². The third kappa shape index (κ3) is 4.67. The summed E-state index contributed by atoms with van der Waals surface area (Å²) in [7, 11) is 3.43. The van der Waals surface area contributed by atoms with Crippen molar-refractivity contribution < 1.29 is 39.2 Å². The Morgan fingerprint density at radius 1 is 1.02 bits per heavy atom. The number of likely N-dealkylation sites (N-methyl/N-ethyl adjacent to an activating group) is 1. The van der Waals surface area contributed by atoms with E-state index < -0.39 is 58.4 Å². The van der Waals surface area contributed by atoms with E-state index in [1.807, 2.05) is 18.2 Å². The number of ether oxygens (including phenoxy) is 2. The van der Waals surface area contributed by atoms with Crippen LogP contribution >= 0.6 is 0 Å². The van der Waals surface area contributed by atoms with Gasteiger partial charge in [-0.3, -0.25) is 24.2 Å². The van der Waals surface area contributed by atoms with Crippen LogP contribution in [0.25, 0.3) is 11.1 Å². The van der Waals surface area contributed by atoms with Crippen molar-refractivity contribution in [2.45, 2.75) is 45.2 Å². The highest BCUT2D eigenvalue weighted by Gasteiger charge is 2.54. The van der Waals surface area contributed by atoms with Gasteiger partial charge in [-0.15, -0.1) is 0 Å². The van der Waals surface area contributed by atoms with E-state index in [2.05, 4.69) is 11.8 Å². The number of aliphatic hydroxyl groups excluding tert-OH is 2. The predicted octanol–water partition coefficient (Wildman–Crippen LogP) is 3.63. The van der Waals surface area contributed by atoms with Gasteiger partial charge in [0.15, 0.2) is 23.1 Å². The molecular weight excluding hydrogens is 590 g/mol. The van der Waals surface area contributed by atoms with Gasteiger partial charge in [0.2, 0.25) is 6.79 Å². The zero-order chi connectivity index (χ0) is 32.6. The summed E-state index contributed by atoms with van der Waals surface area (Å²) >= 11 is 0. The number of phenols is 1. The monoisotopic (exact) mass is 629 g/mol. The van der Waals surface area contributed by atoms with Crippen LogP contribution in [0.2, 0.25) is 0 Å². The lowest BCUT2D eigenvalue weighted by Gasteiger charge is -2.46. The molecule has 7 rings (SSSR count). The molecule has 5 aliphatic rings. The van der Waals surface area contributed by atoms with E-state index >= 15 is 0 Å². The third-order valence-corrected chi connectivity index (χ3v) is 10.6. The number of ketones is 2. The fraction of sp³-hybridized carbons (Fsp3) is 0.457. The Bertz CT molecular complexity index is 1740. The van der Waals surface area contributed by atoms with Crippen LogP contribution in [0.15, 0.2) is 46.9 Å². The van der Waals surface area contributed by atoms with Crippen LogP contribution in [0, 0.1) is 23.7 Å². The molecule has 11 heteroatoms. The number of phenolic OH excluding ortho intramolecular Hbond substituents is 1. The van der Waals surface area contributed by atoms with Gasteiger partial charge >= 0.3 is 0 Å². The maximum Gasteiger partial charge on any atom is 0.255 e. The van der Waals surface area contributed by atoms with E-state index in [1.165, 1.54) is 6.07 Å². The van der Waals surface area contributed by atoms with Gasteiger partial charge in [-0.2, -0.15) is 0 Å². The quantitative estimate of drug-likeness (QED) is 0.359. The molecule has 0 spiro atoms. The highest BCUT2D eigenvalue weighted by atomic mass is 16.7. The Kier molecular flexibility index (Phi) is 7.36. The van der Waals surface area contributed by atoms with Crippen LogP contribution in [0.4, 0.5) is 0 Å². The number of Topliss-reactive ketones (excluding diaryl/α,β-unsaturated/α-hetero) is 2. The van der Waals surface area contributed by atoms with E-state index in [9.17, 15) is 29.7 Å². The maximum atomic E-state index is 14.3. The standard InChI is InChI=1S/C35H39N3O8/c1-16-6-8-38(9-7-16)14-18-12-24-25(46-15-45-24)13-20(18)19-4-5-23(39)27-21(19)10-17-11-22-28(32(41)26(17)31(27)40)33(42)29(35(36)44)34(43)30(22)37(2)3/h4-5,12-13,16-17,22,28,30,39,41,43H,6-11,14-15H2,1-3H3,(H2,36,44)/t17?,22?,28?,30-/m0/s1. The number of likely N-dealkylation sites (tertiary alicyclic amines) is 1. The number of fused-ring (bicyclic) bond motifs is 4. The van der Waals surface area contributed by atoms with Crippen molar-refractivity contribution in [2.24, 2.45) is 29.4 Å². The first-order valence-corrected chi connectivity index (χ1v) is 15.9. The first kappa shape index (κ1) is 30.3. The van der Waals surface area contributed by atoms with E-state index in [-0.39, 0.29) is 30.1 Å². The van der Waals surface area contributed by atoms with Gasteiger partial charge in [0.1, 0.15) is 22.8 Å². The lowest BCUT2D eigenvalue weighted by molar-refractivity contribution is -0.127. The number of rotatable bonds is 5. The molecule has 2 heterocycles. The summed E-state index contributed by atoms with van der Waals surface area (Å²) in [6.45, 7) is 5.03. The normalized spacial score (nSPS) is 26.3. The van der Waals surface area contributed by atoms with Gasteiger partial charge in [-0.25, -0.2) is 0 Å². The summed E-state index contributed by atoms with van der Waals surface area (Å²) in [6, 6.07) is 6.48. The number of hydrogen-bond acceptors (Lipinski definition) is 10. The summed E-state index contributed by atoms with van der Waals surface area (Å²) in [5.74, 6) is -3.88. The number of nitrogens with zero attached hydrogens (tertiary/aromatic N) is 2. The SMILES string of the molecule is CC1CCN(Cc2cc3c(cc2-c2ccc(O)c4c2CC2CC5C(C(=O)C(C(N)=O)=C(O)[C@H]5N(C)C)C(O)=C2C4=O)OCO3)CC1. The molecule has 0 bridgehead atoms. The zero-order valence-electron chi connectivity index (χ0n) is 26.2. The Labute approximate surface area is 266 Å². The lowest BCUT2D eigenvalue weighted by atomic mass is 9.60. The van der Waals surface area contributed by atoms with Crippen LogP contribution in [-0.2, 0) is 22.6 Å². The molecule has 1 fully saturated rings. The molecule has 2 aromatic carbocycles. The number of allylic oxidation sites excluding steroid dienone is 2. The summed E-state index contributed by atoms with van der Waals surface area (Å²) in [4.78, 5) is 44.1. The van der Waals surface area contributed by atoms with Gasteiger partial charge < -0.3 is 30.5 Å². The Morgan fingerprint density at radius 2 is 1.72 bits per heavy atom. The minimum Gasteiger partial charge on any atom is -0.511 e. The van der Waals surface area contributed by atoms with Crippen LogP contribution in [0.3, 0.4) is 0 Å². The van der Waals surface area contributed by atoms with Crippen molar-refractivity contribution in [2.75, 3.05) is 34.0 Å². The molecule has 2 aliphatic heterocycles. The average molecular weight is 630 g/mol. The van der Waals surface area contributed by atoms with E-state index in [1.54, 1.807) is 19.0 Å². The van der Waals surface area contributed by atoms with Crippen LogP contribution < -0.4 is 15.2 Å². The number of carbonyl (C=O) groups is 3. The number of carbonyl (C=O) groups excluding carboxylic acids is 3. The van der Waals surface area contributed by atoms with Crippen LogP contribution in [0.5, 0.6) is 17.2 Å². The average Bonchev–Trinajstić information content (AvgIpc) is 3.45.